The Hall–Kier alpha value is -1.60. The molecular weight excluding hydrogens is 359 g/mol. The molecule has 0 spiro atoms. The summed E-state index contributed by atoms with van der Waals surface area (Å²) in [6.45, 7) is 1.44. The second kappa shape index (κ2) is 7.31. The van der Waals surface area contributed by atoms with Gasteiger partial charge in [0.15, 0.2) is 0 Å². The fourth-order valence-corrected chi connectivity index (χ4v) is 3.47. The lowest BCUT2D eigenvalue weighted by Crippen LogP contribution is -2.41. The molecule has 0 heterocycles. The molecule has 0 unspecified atom stereocenters. The van der Waals surface area contributed by atoms with Crippen LogP contribution in [0.2, 0.25) is 10.0 Å². The Morgan fingerprint density at radius 1 is 1.09 bits per heavy atom. The van der Waals surface area contributed by atoms with E-state index in [2.05, 4.69) is 10.0 Å². The van der Waals surface area contributed by atoms with Crippen molar-refractivity contribution in [3.8, 4) is 0 Å². The lowest BCUT2D eigenvalue weighted by atomic mass is 10.3. The van der Waals surface area contributed by atoms with Crippen LogP contribution in [-0.4, -0.2) is 20.4 Å². The molecule has 0 aromatic heterocycles. The zero-order valence-corrected chi connectivity index (χ0v) is 14.4. The Balaban J connectivity index is 2.08. The van der Waals surface area contributed by atoms with Crippen molar-refractivity contribution in [2.45, 2.75) is 17.9 Å². The van der Waals surface area contributed by atoms with Gasteiger partial charge in [-0.2, -0.15) is 4.72 Å². The van der Waals surface area contributed by atoms with E-state index in [-0.39, 0.29) is 9.92 Å². The molecule has 1 atom stereocenters. The van der Waals surface area contributed by atoms with Crippen LogP contribution in [0.1, 0.15) is 6.92 Å². The Labute approximate surface area is 144 Å². The molecule has 0 fully saturated rings. The molecule has 0 saturated carbocycles. The molecular formula is C15H14Cl2N2O3S. The van der Waals surface area contributed by atoms with Crippen LogP contribution in [0.15, 0.2) is 53.4 Å². The van der Waals surface area contributed by atoms with Crippen molar-refractivity contribution < 1.29 is 13.2 Å². The van der Waals surface area contributed by atoms with E-state index in [0.717, 1.165) is 0 Å². The summed E-state index contributed by atoms with van der Waals surface area (Å²) in [4.78, 5) is 12.2. The topological polar surface area (TPSA) is 75.3 Å². The first-order chi connectivity index (χ1) is 10.8. The molecule has 5 nitrogen and oxygen atoms in total. The van der Waals surface area contributed by atoms with Gasteiger partial charge >= 0.3 is 0 Å². The van der Waals surface area contributed by atoms with Crippen molar-refractivity contribution in [2.75, 3.05) is 5.32 Å². The van der Waals surface area contributed by atoms with Crippen LogP contribution >= 0.6 is 23.2 Å². The standard InChI is InChI=1S/C15H14Cl2N2O3S/c1-10(19-23(21,22)12-5-3-2-4-6-12)15(20)18-14-8-7-11(16)9-13(14)17/h2-10,19H,1H3,(H,18,20)/t10-/m0/s1. The van der Waals surface area contributed by atoms with E-state index in [1.807, 2.05) is 0 Å². The molecule has 0 saturated heterocycles. The predicted molar refractivity (Wildman–Crippen MR) is 91.3 cm³/mol. The maximum absolute atomic E-state index is 12.2. The zero-order valence-electron chi connectivity index (χ0n) is 12.1. The smallest absolute Gasteiger partial charge is 0.242 e. The maximum Gasteiger partial charge on any atom is 0.242 e. The van der Waals surface area contributed by atoms with Crippen LogP contribution in [0.25, 0.3) is 0 Å². The van der Waals surface area contributed by atoms with Gasteiger partial charge in [-0.25, -0.2) is 8.42 Å². The largest absolute Gasteiger partial charge is 0.323 e. The summed E-state index contributed by atoms with van der Waals surface area (Å²) in [5.41, 5.74) is 0.354. The van der Waals surface area contributed by atoms with E-state index in [4.69, 9.17) is 23.2 Å². The van der Waals surface area contributed by atoms with Gasteiger partial charge in [-0.15, -0.1) is 0 Å². The van der Waals surface area contributed by atoms with Crippen LogP contribution in [0.5, 0.6) is 0 Å². The number of halogens is 2. The minimum atomic E-state index is -3.78. The quantitative estimate of drug-likeness (QED) is 0.845. The summed E-state index contributed by atoms with van der Waals surface area (Å²) in [6, 6.07) is 11.4. The van der Waals surface area contributed by atoms with Crippen molar-refractivity contribution in [3.63, 3.8) is 0 Å². The normalized spacial score (nSPS) is 12.7. The molecule has 0 bridgehead atoms. The molecule has 0 aliphatic rings. The highest BCUT2D eigenvalue weighted by molar-refractivity contribution is 7.89. The molecule has 2 N–H and O–H groups in total. The number of benzene rings is 2. The lowest BCUT2D eigenvalue weighted by molar-refractivity contribution is -0.117. The second-order valence-corrected chi connectivity index (χ2v) is 7.33. The van der Waals surface area contributed by atoms with Gasteiger partial charge in [-0.3, -0.25) is 4.79 Å². The minimum absolute atomic E-state index is 0.0872. The van der Waals surface area contributed by atoms with Gasteiger partial charge in [-0.1, -0.05) is 41.4 Å². The van der Waals surface area contributed by atoms with E-state index >= 15 is 0 Å². The molecule has 23 heavy (non-hydrogen) atoms. The third-order valence-corrected chi connectivity index (χ3v) is 5.07. The summed E-state index contributed by atoms with van der Waals surface area (Å²) in [5.74, 6) is -0.534. The van der Waals surface area contributed by atoms with Crippen LogP contribution in [0, 0.1) is 0 Å². The van der Waals surface area contributed by atoms with Gasteiger partial charge in [0.25, 0.3) is 0 Å². The molecule has 0 aliphatic carbocycles. The molecule has 0 radical (unpaired) electrons. The molecule has 8 heteroatoms. The van der Waals surface area contributed by atoms with Crippen LogP contribution in [0.4, 0.5) is 5.69 Å². The van der Waals surface area contributed by atoms with Crippen molar-refractivity contribution in [1.29, 1.82) is 0 Å². The number of amides is 1. The Kier molecular flexibility index (Phi) is 5.64. The van der Waals surface area contributed by atoms with E-state index in [1.54, 1.807) is 30.3 Å². The monoisotopic (exact) mass is 372 g/mol. The highest BCUT2D eigenvalue weighted by Gasteiger charge is 2.22. The van der Waals surface area contributed by atoms with Gasteiger partial charge in [0.2, 0.25) is 15.9 Å². The zero-order chi connectivity index (χ0) is 17.0. The maximum atomic E-state index is 12.2. The first-order valence-corrected chi connectivity index (χ1v) is 8.87. The number of hydrogen-bond donors (Lipinski definition) is 2. The van der Waals surface area contributed by atoms with Crippen LogP contribution in [-0.2, 0) is 14.8 Å². The first-order valence-electron chi connectivity index (χ1n) is 6.63. The van der Waals surface area contributed by atoms with E-state index in [9.17, 15) is 13.2 Å². The second-order valence-electron chi connectivity index (χ2n) is 4.77. The lowest BCUT2D eigenvalue weighted by Gasteiger charge is -2.15. The molecule has 2 aromatic carbocycles. The Bertz CT molecular complexity index is 811. The Morgan fingerprint density at radius 2 is 1.74 bits per heavy atom. The average Bonchev–Trinajstić information content (AvgIpc) is 2.50. The van der Waals surface area contributed by atoms with Crippen molar-refractivity contribution in [1.82, 2.24) is 4.72 Å². The van der Waals surface area contributed by atoms with E-state index in [1.165, 1.54) is 25.1 Å². The molecule has 2 rings (SSSR count). The number of hydrogen-bond acceptors (Lipinski definition) is 3. The van der Waals surface area contributed by atoms with Crippen molar-refractivity contribution >= 4 is 44.8 Å². The molecule has 122 valence electrons. The summed E-state index contributed by atoms with van der Waals surface area (Å²) in [6.07, 6.45) is 0. The van der Waals surface area contributed by atoms with Crippen LogP contribution < -0.4 is 10.0 Å². The third-order valence-electron chi connectivity index (χ3n) is 2.97. The van der Waals surface area contributed by atoms with Gasteiger partial charge in [0, 0.05) is 5.02 Å². The summed E-state index contributed by atoms with van der Waals surface area (Å²) in [7, 11) is -3.78. The molecule has 1 amide bonds. The summed E-state index contributed by atoms with van der Waals surface area (Å²) >= 11 is 11.8. The number of sulfonamides is 1. The van der Waals surface area contributed by atoms with Crippen molar-refractivity contribution in [3.05, 3.63) is 58.6 Å². The van der Waals surface area contributed by atoms with Crippen molar-refractivity contribution in [2.24, 2.45) is 0 Å². The summed E-state index contributed by atoms with van der Waals surface area (Å²) in [5, 5.41) is 3.26. The molecule has 2 aromatic rings. The number of nitrogens with one attached hydrogen (secondary N) is 2. The number of rotatable bonds is 5. The fraction of sp³-hybridized carbons (Fsp3) is 0.133. The number of carbonyl (C=O) groups excluding carboxylic acids is 1. The van der Waals surface area contributed by atoms with Gasteiger partial charge in [-0.05, 0) is 37.3 Å². The van der Waals surface area contributed by atoms with Gasteiger partial charge in [0.1, 0.15) is 0 Å². The minimum Gasteiger partial charge on any atom is -0.323 e. The predicted octanol–water partition coefficient (Wildman–Crippen LogP) is 3.30. The number of anilines is 1. The molecule has 0 aliphatic heterocycles. The highest BCUT2D eigenvalue weighted by atomic mass is 35.5. The highest BCUT2D eigenvalue weighted by Crippen LogP contribution is 2.25. The average molecular weight is 373 g/mol. The third kappa shape index (κ3) is 4.68. The van der Waals surface area contributed by atoms with Crippen LogP contribution in [0.3, 0.4) is 0 Å². The number of carbonyl (C=O) groups is 1. The fourth-order valence-electron chi connectivity index (χ4n) is 1.79. The van der Waals surface area contributed by atoms with E-state index < -0.39 is 22.0 Å². The van der Waals surface area contributed by atoms with E-state index in [0.29, 0.717) is 10.7 Å². The summed E-state index contributed by atoms with van der Waals surface area (Å²) < 4.78 is 26.7. The van der Waals surface area contributed by atoms with Gasteiger partial charge in [0.05, 0.1) is 21.6 Å². The SMILES string of the molecule is C[C@H](NS(=O)(=O)c1ccccc1)C(=O)Nc1ccc(Cl)cc1Cl. The first kappa shape index (κ1) is 17.7. The van der Waals surface area contributed by atoms with Gasteiger partial charge < -0.3 is 5.32 Å². The Morgan fingerprint density at radius 3 is 2.35 bits per heavy atom.